The molecule has 24 heavy (non-hydrogen) atoms. The van der Waals surface area contributed by atoms with Gasteiger partial charge in [-0.15, -0.1) is 0 Å². The molecule has 8 heteroatoms. The maximum absolute atomic E-state index is 12.0. The molecule has 0 aromatic carbocycles. The Hall–Kier alpha value is -0.963. The zero-order valence-corrected chi connectivity index (χ0v) is 16.6. The first kappa shape index (κ1) is 23.0. The van der Waals surface area contributed by atoms with Crippen LogP contribution in [0.15, 0.2) is 0 Å². The lowest BCUT2D eigenvalue weighted by Gasteiger charge is -2.28. The first-order chi connectivity index (χ1) is 11.5. The highest BCUT2D eigenvalue weighted by molar-refractivity contribution is 6.60. The molecule has 0 rings (SSSR count). The Kier molecular flexibility index (Phi) is 12.8. The molecule has 0 aromatic heterocycles. The van der Waals surface area contributed by atoms with Gasteiger partial charge in [0.05, 0.1) is 13.2 Å². The van der Waals surface area contributed by atoms with E-state index in [1.54, 1.807) is 13.8 Å². The summed E-state index contributed by atoms with van der Waals surface area (Å²) in [6, 6.07) is 0.540. The Morgan fingerprint density at radius 2 is 1.17 bits per heavy atom. The van der Waals surface area contributed by atoms with Gasteiger partial charge in [-0.25, -0.2) is 0 Å². The van der Waals surface area contributed by atoms with Gasteiger partial charge in [0.25, 0.3) is 0 Å². The van der Waals surface area contributed by atoms with Gasteiger partial charge in [0.2, 0.25) is 0 Å². The van der Waals surface area contributed by atoms with Crippen LogP contribution in [0.4, 0.5) is 0 Å². The molecule has 0 spiro atoms. The van der Waals surface area contributed by atoms with Crippen LogP contribution in [-0.2, 0) is 32.3 Å². The number of hydrogen-bond acceptors (Lipinski definition) is 7. The topological polar surface area (TPSA) is 80.3 Å². The fraction of sp³-hybridized carbons (Fsp3) is 0.875. The number of carbonyl (C=O) groups excluding carboxylic acids is 2. The van der Waals surface area contributed by atoms with Crippen molar-refractivity contribution in [3.8, 4) is 0 Å². The maximum atomic E-state index is 12.0. The molecule has 0 fully saturated rings. The summed E-state index contributed by atoms with van der Waals surface area (Å²) in [5.41, 5.74) is 0. The Morgan fingerprint density at radius 1 is 0.750 bits per heavy atom. The van der Waals surface area contributed by atoms with Crippen molar-refractivity contribution in [2.75, 3.05) is 33.0 Å². The minimum atomic E-state index is -2.77. The van der Waals surface area contributed by atoms with Crippen LogP contribution >= 0.6 is 0 Å². The predicted molar refractivity (Wildman–Crippen MR) is 91.4 cm³/mol. The molecule has 0 saturated carbocycles. The highest BCUT2D eigenvalue weighted by Crippen LogP contribution is 2.22. The van der Waals surface area contributed by atoms with Gasteiger partial charge in [-0.05, 0) is 47.5 Å². The van der Waals surface area contributed by atoms with Crippen molar-refractivity contribution in [1.82, 2.24) is 0 Å². The van der Waals surface area contributed by atoms with Crippen molar-refractivity contribution in [2.45, 2.75) is 53.5 Å². The van der Waals surface area contributed by atoms with Crippen molar-refractivity contribution in [3.63, 3.8) is 0 Å². The van der Waals surface area contributed by atoms with E-state index < -0.39 is 26.7 Å². The number of ether oxygens (including phenoxy) is 2. The van der Waals surface area contributed by atoms with E-state index in [0.29, 0.717) is 38.7 Å². The molecule has 0 saturated heterocycles. The van der Waals surface area contributed by atoms with Gasteiger partial charge in [0.15, 0.2) is 5.92 Å². The fourth-order valence-electron chi connectivity index (χ4n) is 2.34. The Morgan fingerprint density at radius 3 is 1.50 bits per heavy atom. The lowest BCUT2D eigenvalue weighted by atomic mass is 10.0. The lowest BCUT2D eigenvalue weighted by Crippen LogP contribution is -2.46. The highest BCUT2D eigenvalue weighted by atomic mass is 28.4. The molecule has 0 N–H and O–H groups in total. The van der Waals surface area contributed by atoms with Crippen molar-refractivity contribution >= 4 is 20.7 Å². The summed E-state index contributed by atoms with van der Waals surface area (Å²) in [4.78, 5) is 24.0. The smallest absolute Gasteiger partial charge is 0.465 e. The SMILES string of the molecule is CCOC(=O)C(CCC[Si](OCC)(OCC)OCC)C(=O)OCC. The van der Waals surface area contributed by atoms with Crippen LogP contribution in [0.3, 0.4) is 0 Å². The normalized spacial score (nSPS) is 11.6. The zero-order valence-electron chi connectivity index (χ0n) is 15.6. The van der Waals surface area contributed by atoms with Crippen molar-refractivity contribution in [3.05, 3.63) is 0 Å². The fourth-order valence-corrected chi connectivity index (χ4v) is 4.98. The van der Waals surface area contributed by atoms with E-state index in [1.807, 2.05) is 20.8 Å². The van der Waals surface area contributed by atoms with Gasteiger partial charge in [0.1, 0.15) is 0 Å². The second-order valence-electron chi connectivity index (χ2n) is 4.93. The Labute approximate surface area is 146 Å². The molecule has 0 aliphatic rings. The molecular formula is C16H32O7Si. The summed E-state index contributed by atoms with van der Waals surface area (Å²) < 4.78 is 27.3. The zero-order chi connectivity index (χ0) is 18.4. The molecule has 7 nitrogen and oxygen atoms in total. The molecule has 0 aliphatic heterocycles. The van der Waals surface area contributed by atoms with E-state index in [-0.39, 0.29) is 13.2 Å². The van der Waals surface area contributed by atoms with Crippen LogP contribution in [0.1, 0.15) is 47.5 Å². The van der Waals surface area contributed by atoms with Gasteiger partial charge in [-0.3, -0.25) is 9.59 Å². The number of esters is 2. The van der Waals surface area contributed by atoms with Crippen LogP contribution in [-0.4, -0.2) is 53.8 Å². The van der Waals surface area contributed by atoms with E-state index in [0.717, 1.165) is 0 Å². The molecule has 0 aliphatic carbocycles. The van der Waals surface area contributed by atoms with Gasteiger partial charge < -0.3 is 22.8 Å². The Bertz CT molecular complexity index is 327. The predicted octanol–water partition coefficient (Wildman–Crippen LogP) is 2.56. The quantitative estimate of drug-likeness (QED) is 0.266. The van der Waals surface area contributed by atoms with Crippen molar-refractivity contribution in [2.24, 2.45) is 5.92 Å². The standard InChI is InChI=1S/C16H32O7Si/c1-6-19-15(17)14(16(18)20-7-2)12-11-13-24(21-8-3,22-9-4)23-10-5/h14H,6-13H2,1-5H3. The van der Waals surface area contributed by atoms with E-state index in [1.165, 1.54) is 0 Å². The summed E-state index contributed by atoms with van der Waals surface area (Å²) in [7, 11) is -2.77. The monoisotopic (exact) mass is 364 g/mol. The number of carbonyl (C=O) groups is 2. The summed E-state index contributed by atoms with van der Waals surface area (Å²) >= 11 is 0. The number of hydrogen-bond donors (Lipinski definition) is 0. The second-order valence-corrected chi connectivity index (χ2v) is 7.66. The van der Waals surface area contributed by atoms with E-state index >= 15 is 0 Å². The van der Waals surface area contributed by atoms with E-state index in [9.17, 15) is 9.59 Å². The van der Waals surface area contributed by atoms with Crippen LogP contribution < -0.4 is 0 Å². The van der Waals surface area contributed by atoms with Crippen LogP contribution in [0, 0.1) is 5.92 Å². The van der Waals surface area contributed by atoms with E-state index in [2.05, 4.69) is 0 Å². The Balaban J connectivity index is 4.84. The van der Waals surface area contributed by atoms with E-state index in [4.69, 9.17) is 22.8 Å². The van der Waals surface area contributed by atoms with Crippen LogP contribution in [0.5, 0.6) is 0 Å². The molecule has 142 valence electrons. The van der Waals surface area contributed by atoms with Gasteiger partial charge in [0, 0.05) is 25.9 Å². The third kappa shape index (κ3) is 8.23. The molecular weight excluding hydrogens is 332 g/mol. The average Bonchev–Trinajstić information content (AvgIpc) is 2.52. The molecule has 0 radical (unpaired) electrons. The number of rotatable bonds is 14. The van der Waals surface area contributed by atoms with Crippen molar-refractivity contribution < 1.29 is 32.3 Å². The molecule has 0 aromatic rings. The first-order valence-corrected chi connectivity index (χ1v) is 10.7. The van der Waals surface area contributed by atoms with Crippen molar-refractivity contribution in [1.29, 1.82) is 0 Å². The summed E-state index contributed by atoms with van der Waals surface area (Å²) in [6.07, 6.45) is 0.869. The average molecular weight is 365 g/mol. The van der Waals surface area contributed by atoms with Crippen LogP contribution in [0.2, 0.25) is 6.04 Å². The maximum Gasteiger partial charge on any atom is 0.500 e. The lowest BCUT2D eigenvalue weighted by molar-refractivity contribution is -0.161. The minimum absolute atomic E-state index is 0.226. The van der Waals surface area contributed by atoms with Gasteiger partial charge in [-0.1, -0.05) is 0 Å². The first-order valence-electron chi connectivity index (χ1n) is 8.75. The van der Waals surface area contributed by atoms with Gasteiger partial charge >= 0.3 is 20.7 Å². The summed E-state index contributed by atoms with van der Waals surface area (Å²) in [6.45, 7) is 11.0. The second kappa shape index (κ2) is 13.3. The van der Waals surface area contributed by atoms with Crippen LogP contribution in [0.25, 0.3) is 0 Å². The van der Waals surface area contributed by atoms with Gasteiger partial charge in [-0.2, -0.15) is 0 Å². The highest BCUT2D eigenvalue weighted by Gasteiger charge is 2.40. The third-order valence-corrected chi connectivity index (χ3v) is 6.36. The summed E-state index contributed by atoms with van der Waals surface area (Å²) in [5, 5.41) is 0. The molecule has 0 bridgehead atoms. The minimum Gasteiger partial charge on any atom is -0.465 e. The summed E-state index contributed by atoms with van der Waals surface area (Å²) in [5.74, 6) is -2.01. The molecule has 0 heterocycles. The molecule has 0 atom stereocenters. The molecule has 0 unspecified atom stereocenters. The largest absolute Gasteiger partial charge is 0.500 e. The third-order valence-electron chi connectivity index (χ3n) is 3.21. The molecule has 0 amide bonds.